The zero-order valence-corrected chi connectivity index (χ0v) is 19.7. The lowest BCUT2D eigenvalue weighted by molar-refractivity contribution is 0.0943. The van der Waals surface area contributed by atoms with Crippen LogP contribution in [0.4, 0.5) is 0 Å². The molecule has 1 aliphatic heterocycles. The van der Waals surface area contributed by atoms with E-state index in [2.05, 4.69) is 5.32 Å². The normalized spacial score (nSPS) is 15.7. The highest BCUT2D eigenvalue weighted by Gasteiger charge is 2.24. The van der Waals surface area contributed by atoms with Gasteiger partial charge in [-0.15, -0.1) is 0 Å². The Labute approximate surface area is 196 Å². The summed E-state index contributed by atoms with van der Waals surface area (Å²) >= 11 is 0. The molecule has 1 amide bonds. The number of nitrogens with zero attached hydrogens (tertiary/aromatic N) is 1. The van der Waals surface area contributed by atoms with Crippen molar-refractivity contribution in [2.24, 2.45) is 0 Å². The molecule has 0 saturated carbocycles. The molecule has 33 heavy (non-hydrogen) atoms. The number of nitrogens with one attached hydrogen (secondary N) is 1. The van der Waals surface area contributed by atoms with Crippen molar-refractivity contribution in [2.45, 2.75) is 38.0 Å². The highest BCUT2D eigenvalue weighted by atomic mass is 32.2. The summed E-state index contributed by atoms with van der Waals surface area (Å²) in [5.41, 5.74) is 4.34. The summed E-state index contributed by atoms with van der Waals surface area (Å²) in [6, 6.07) is 24.5. The van der Waals surface area contributed by atoms with E-state index < -0.39 is 10.0 Å². The first-order valence-corrected chi connectivity index (χ1v) is 13.0. The summed E-state index contributed by atoms with van der Waals surface area (Å²) in [5, 5.41) is 3.16. The summed E-state index contributed by atoms with van der Waals surface area (Å²) < 4.78 is 27.0. The largest absolute Gasteiger partial charge is 0.341 e. The number of hydrogen-bond acceptors (Lipinski definition) is 3. The molecular weight excluding hydrogens is 432 g/mol. The molecule has 1 aliphatic rings. The van der Waals surface area contributed by atoms with Gasteiger partial charge < -0.3 is 5.32 Å². The summed E-state index contributed by atoms with van der Waals surface area (Å²) in [6.45, 7) is 3.24. The molecule has 1 heterocycles. The number of carbonyl (C=O) groups excluding carboxylic acids is 1. The quantitative estimate of drug-likeness (QED) is 0.547. The fraction of sp³-hybridized carbons (Fsp3) is 0.296. The molecule has 172 valence electrons. The van der Waals surface area contributed by atoms with E-state index >= 15 is 0 Å². The molecule has 0 aromatic heterocycles. The molecule has 5 nitrogen and oxygen atoms in total. The SMILES string of the molecule is Cc1ccccc1[C@H](NC(=O)c1ccc(CS(=O)(=O)N2CCCCC2)cc1)c1ccccc1. The Morgan fingerprint density at radius 1 is 0.879 bits per heavy atom. The van der Waals surface area contributed by atoms with Crippen LogP contribution in [0.5, 0.6) is 0 Å². The lowest BCUT2D eigenvalue weighted by Crippen LogP contribution is -2.36. The first-order chi connectivity index (χ1) is 15.9. The third kappa shape index (κ3) is 5.70. The second kappa shape index (κ2) is 10.3. The maximum Gasteiger partial charge on any atom is 0.252 e. The summed E-state index contributed by atoms with van der Waals surface area (Å²) in [4.78, 5) is 13.1. The Hall–Kier alpha value is -2.96. The molecule has 3 aromatic rings. The van der Waals surface area contributed by atoms with Crippen LogP contribution in [0.3, 0.4) is 0 Å². The number of piperidine rings is 1. The van der Waals surface area contributed by atoms with E-state index in [1.165, 1.54) is 0 Å². The van der Waals surface area contributed by atoms with Gasteiger partial charge in [-0.3, -0.25) is 4.79 Å². The Balaban J connectivity index is 1.50. The average molecular weight is 463 g/mol. The van der Waals surface area contributed by atoms with Gasteiger partial charge in [-0.1, -0.05) is 73.2 Å². The van der Waals surface area contributed by atoms with Gasteiger partial charge in [0.1, 0.15) is 0 Å². The van der Waals surface area contributed by atoms with Crippen LogP contribution in [-0.2, 0) is 15.8 Å². The molecule has 1 atom stereocenters. The second-order valence-corrected chi connectivity index (χ2v) is 10.6. The van der Waals surface area contributed by atoms with Gasteiger partial charge in [-0.05, 0) is 54.2 Å². The molecular formula is C27H30N2O3S. The van der Waals surface area contributed by atoms with Gasteiger partial charge in [0.2, 0.25) is 10.0 Å². The van der Waals surface area contributed by atoms with Crippen molar-refractivity contribution < 1.29 is 13.2 Å². The zero-order valence-electron chi connectivity index (χ0n) is 18.9. The number of hydrogen-bond donors (Lipinski definition) is 1. The molecule has 3 aromatic carbocycles. The minimum Gasteiger partial charge on any atom is -0.341 e. The third-order valence-electron chi connectivity index (χ3n) is 6.18. The summed E-state index contributed by atoms with van der Waals surface area (Å²) in [5.74, 6) is -0.234. The van der Waals surface area contributed by atoms with Crippen molar-refractivity contribution in [3.05, 3.63) is 107 Å². The number of benzene rings is 3. The molecule has 0 aliphatic carbocycles. The van der Waals surface area contributed by atoms with E-state index in [4.69, 9.17) is 0 Å². The van der Waals surface area contributed by atoms with Crippen LogP contribution in [-0.4, -0.2) is 31.7 Å². The lowest BCUT2D eigenvalue weighted by Gasteiger charge is -2.25. The fourth-order valence-corrected chi connectivity index (χ4v) is 5.92. The molecule has 1 fully saturated rings. The van der Waals surface area contributed by atoms with Gasteiger partial charge in [0.05, 0.1) is 11.8 Å². The average Bonchev–Trinajstić information content (AvgIpc) is 2.84. The topological polar surface area (TPSA) is 66.5 Å². The van der Waals surface area contributed by atoms with Gasteiger partial charge in [-0.2, -0.15) is 0 Å². The van der Waals surface area contributed by atoms with Crippen molar-refractivity contribution in [1.29, 1.82) is 0 Å². The Bertz CT molecular complexity index is 1190. The van der Waals surface area contributed by atoms with Gasteiger partial charge in [0, 0.05) is 18.7 Å². The van der Waals surface area contributed by atoms with E-state index in [1.54, 1.807) is 28.6 Å². The second-order valence-electron chi connectivity index (χ2n) is 8.59. The molecule has 1 N–H and O–H groups in total. The summed E-state index contributed by atoms with van der Waals surface area (Å²) in [7, 11) is -3.33. The van der Waals surface area contributed by atoms with Crippen molar-refractivity contribution in [3.63, 3.8) is 0 Å². The van der Waals surface area contributed by atoms with Crippen molar-refractivity contribution >= 4 is 15.9 Å². The molecule has 0 unspecified atom stereocenters. The molecule has 6 heteroatoms. The monoisotopic (exact) mass is 462 g/mol. The highest BCUT2D eigenvalue weighted by molar-refractivity contribution is 7.88. The Kier molecular flexibility index (Phi) is 7.26. The summed E-state index contributed by atoms with van der Waals surface area (Å²) in [6.07, 6.45) is 2.92. The Morgan fingerprint density at radius 2 is 1.52 bits per heavy atom. The first kappa shape index (κ1) is 23.2. The van der Waals surface area contributed by atoms with Gasteiger partial charge in [-0.25, -0.2) is 12.7 Å². The van der Waals surface area contributed by atoms with Crippen LogP contribution in [0.25, 0.3) is 0 Å². The van der Waals surface area contributed by atoms with Crippen LogP contribution in [0, 0.1) is 6.92 Å². The maximum absolute atomic E-state index is 13.1. The maximum atomic E-state index is 13.1. The van der Waals surface area contributed by atoms with Gasteiger partial charge in [0.25, 0.3) is 5.91 Å². The molecule has 4 rings (SSSR count). The minimum atomic E-state index is -3.33. The van der Waals surface area contributed by atoms with Crippen molar-refractivity contribution in [2.75, 3.05) is 13.1 Å². The minimum absolute atomic E-state index is 0.0370. The van der Waals surface area contributed by atoms with E-state index in [0.29, 0.717) is 24.2 Å². The van der Waals surface area contributed by atoms with Gasteiger partial charge in [0.15, 0.2) is 0 Å². The molecule has 1 saturated heterocycles. The number of aryl methyl sites for hydroxylation is 1. The van der Waals surface area contributed by atoms with Crippen LogP contribution in [0.1, 0.15) is 57.9 Å². The van der Waals surface area contributed by atoms with Crippen LogP contribution in [0.2, 0.25) is 0 Å². The third-order valence-corrected chi connectivity index (χ3v) is 8.03. The molecule has 0 radical (unpaired) electrons. The molecule has 0 spiro atoms. The number of sulfonamides is 1. The van der Waals surface area contributed by atoms with Crippen molar-refractivity contribution in [1.82, 2.24) is 9.62 Å². The smallest absolute Gasteiger partial charge is 0.252 e. The standard InChI is InChI=1S/C27H30N2O3S/c1-21-10-6-7-13-25(21)26(23-11-4-2-5-12-23)28-27(30)24-16-14-22(15-17-24)20-33(31,32)29-18-8-3-9-19-29/h2,4-7,10-17,26H,3,8-9,18-20H2,1H3,(H,28,30)/t26-/m1/s1. The predicted molar refractivity (Wildman–Crippen MR) is 131 cm³/mol. The number of carbonyl (C=O) groups is 1. The van der Waals surface area contributed by atoms with E-state index in [9.17, 15) is 13.2 Å². The van der Waals surface area contributed by atoms with E-state index in [1.807, 2.05) is 61.5 Å². The predicted octanol–water partition coefficient (Wildman–Crippen LogP) is 4.83. The fourth-order valence-electron chi connectivity index (χ4n) is 4.31. The van der Waals surface area contributed by atoms with E-state index in [0.717, 1.165) is 36.0 Å². The van der Waals surface area contributed by atoms with Gasteiger partial charge >= 0.3 is 0 Å². The highest BCUT2D eigenvalue weighted by Crippen LogP contribution is 2.25. The lowest BCUT2D eigenvalue weighted by atomic mass is 9.94. The van der Waals surface area contributed by atoms with E-state index in [-0.39, 0.29) is 17.7 Å². The zero-order chi connectivity index (χ0) is 23.3. The van der Waals surface area contributed by atoms with Crippen molar-refractivity contribution in [3.8, 4) is 0 Å². The first-order valence-electron chi connectivity index (χ1n) is 11.4. The molecule has 0 bridgehead atoms. The Morgan fingerprint density at radius 3 is 2.18 bits per heavy atom. The van der Waals surface area contributed by atoms with Crippen LogP contribution < -0.4 is 5.32 Å². The van der Waals surface area contributed by atoms with Crippen LogP contribution in [0.15, 0.2) is 78.9 Å². The number of rotatable bonds is 7. The van der Waals surface area contributed by atoms with Crippen LogP contribution >= 0.6 is 0 Å². The number of amides is 1.